The van der Waals surface area contributed by atoms with Crippen LogP contribution >= 0.6 is 0 Å². The molecule has 0 fully saturated rings. The topological polar surface area (TPSA) is 113 Å². The summed E-state index contributed by atoms with van der Waals surface area (Å²) in [5.74, 6) is 0. The summed E-state index contributed by atoms with van der Waals surface area (Å²) in [5.41, 5.74) is -0.698. The van der Waals surface area contributed by atoms with E-state index in [-0.39, 0.29) is 5.69 Å². The second kappa shape index (κ2) is 3.60. The van der Waals surface area contributed by atoms with E-state index in [1.165, 1.54) is 0 Å². The smallest absolute Gasteiger partial charge is 0.282 e. The highest BCUT2D eigenvalue weighted by atomic mass is 32.2. The van der Waals surface area contributed by atoms with Gasteiger partial charge in [0.1, 0.15) is 16.3 Å². The maximum Gasteiger partial charge on any atom is 0.296 e. The van der Waals surface area contributed by atoms with Gasteiger partial charge in [-0.3, -0.25) is 4.55 Å². The largest absolute Gasteiger partial charge is 0.296 e. The second-order valence-electron chi connectivity index (χ2n) is 2.31. The molecular formula is C6H4N2O5S. The van der Waals surface area contributed by atoms with E-state index in [4.69, 9.17) is 4.55 Å². The summed E-state index contributed by atoms with van der Waals surface area (Å²) in [5, 5.41) is 4.83. The van der Waals surface area contributed by atoms with E-state index < -0.39 is 20.7 Å². The third-order valence-corrected chi connectivity index (χ3v) is 2.33. The van der Waals surface area contributed by atoms with Crippen molar-refractivity contribution in [1.82, 2.24) is 0 Å². The van der Waals surface area contributed by atoms with Crippen LogP contribution < -0.4 is 0 Å². The van der Waals surface area contributed by atoms with Gasteiger partial charge in [0, 0.05) is 0 Å². The van der Waals surface area contributed by atoms with Crippen LogP contribution in [0.5, 0.6) is 0 Å². The van der Waals surface area contributed by atoms with Crippen LogP contribution in [0.4, 0.5) is 11.4 Å². The molecule has 1 aromatic carbocycles. The van der Waals surface area contributed by atoms with Crippen molar-refractivity contribution in [3.63, 3.8) is 0 Å². The standard InChI is InChI=1S/C6H4N2O5S/c9-7-4-1-2-6(14(11,12)13)5(3-4)8-10/h1-3H,(H,11,12,13). The lowest BCUT2D eigenvalue weighted by Crippen LogP contribution is -1.97. The van der Waals surface area contributed by atoms with E-state index >= 15 is 0 Å². The van der Waals surface area contributed by atoms with Crippen LogP contribution in [-0.2, 0) is 10.1 Å². The van der Waals surface area contributed by atoms with Crippen molar-refractivity contribution in [2.75, 3.05) is 0 Å². The molecule has 0 unspecified atom stereocenters. The predicted octanol–water partition coefficient (Wildman–Crippen LogP) is 1.73. The van der Waals surface area contributed by atoms with Gasteiger partial charge in [-0.05, 0) is 28.6 Å². The molecule has 0 amide bonds. The molecule has 0 saturated carbocycles. The fourth-order valence-corrected chi connectivity index (χ4v) is 1.45. The van der Waals surface area contributed by atoms with Gasteiger partial charge in [0.05, 0.1) is 0 Å². The lowest BCUT2D eigenvalue weighted by molar-refractivity contribution is 0.483. The number of rotatable bonds is 3. The molecule has 0 bridgehead atoms. The van der Waals surface area contributed by atoms with E-state index in [1.54, 1.807) is 0 Å². The Balaban J connectivity index is 3.47. The summed E-state index contributed by atoms with van der Waals surface area (Å²) >= 11 is 0. The minimum Gasteiger partial charge on any atom is -0.282 e. The van der Waals surface area contributed by atoms with Crippen LogP contribution in [-0.4, -0.2) is 13.0 Å². The number of nitroso groups, excluding NO2 is 2. The van der Waals surface area contributed by atoms with Crippen LogP contribution in [0.15, 0.2) is 33.4 Å². The Kier molecular flexibility index (Phi) is 2.68. The molecular weight excluding hydrogens is 212 g/mol. The Labute approximate surface area is 78.4 Å². The molecule has 0 heterocycles. The molecule has 0 spiro atoms. The first-order valence-corrected chi connectivity index (χ1v) is 4.71. The van der Waals surface area contributed by atoms with Crippen molar-refractivity contribution < 1.29 is 13.0 Å². The van der Waals surface area contributed by atoms with E-state index in [0.717, 1.165) is 18.2 Å². The van der Waals surface area contributed by atoms with E-state index in [0.29, 0.717) is 0 Å². The number of benzene rings is 1. The van der Waals surface area contributed by atoms with Crippen molar-refractivity contribution >= 4 is 21.5 Å². The SMILES string of the molecule is O=Nc1ccc(S(=O)(=O)O)c(N=O)c1. The molecule has 74 valence electrons. The van der Waals surface area contributed by atoms with Crippen molar-refractivity contribution in [2.24, 2.45) is 10.4 Å². The first-order chi connectivity index (χ1) is 6.49. The average Bonchev–Trinajstić information content (AvgIpc) is 2.15. The molecule has 1 aromatic rings. The van der Waals surface area contributed by atoms with Gasteiger partial charge < -0.3 is 0 Å². The molecule has 14 heavy (non-hydrogen) atoms. The predicted molar refractivity (Wildman–Crippen MR) is 47.2 cm³/mol. The van der Waals surface area contributed by atoms with Gasteiger partial charge in [-0.1, -0.05) is 0 Å². The molecule has 0 aromatic heterocycles. The summed E-state index contributed by atoms with van der Waals surface area (Å²) in [6.07, 6.45) is 0. The minimum atomic E-state index is -4.51. The highest BCUT2D eigenvalue weighted by Crippen LogP contribution is 2.28. The zero-order chi connectivity index (χ0) is 10.8. The van der Waals surface area contributed by atoms with Gasteiger partial charge in [0.25, 0.3) is 10.1 Å². The molecule has 0 aliphatic heterocycles. The second-order valence-corrected chi connectivity index (χ2v) is 3.70. The Morgan fingerprint density at radius 3 is 2.21 bits per heavy atom. The van der Waals surface area contributed by atoms with Gasteiger partial charge in [-0.2, -0.15) is 8.42 Å². The third-order valence-electron chi connectivity index (χ3n) is 1.42. The molecule has 1 N–H and O–H groups in total. The Morgan fingerprint density at radius 1 is 1.14 bits per heavy atom. The van der Waals surface area contributed by atoms with Crippen LogP contribution in [0.3, 0.4) is 0 Å². The lowest BCUT2D eigenvalue weighted by atomic mass is 10.3. The number of hydrogen-bond donors (Lipinski definition) is 1. The molecule has 8 heteroatoms. The molecule has 0 aliphatic rings. The van der Waals surface area contributed by atoms with Crippen molar-refractivity contribution in [1.29, 1.82) is 0 Å². The molecule has 0 aliphatic carbocycles. The molecule has 1 rings (SSSR count). The maximum absolute atomic E-state index is 10.7. The van der Waals surface area contributed by atoms with E-state index in [2.05, 4.69) is 10.4 Å². The molecule has 0 radical (unpaired) electrons. The summed E-state index contributed by atoms with van der Waals surface area (Å²) in [6.45, 7) is 0. The highest BCUT2D eigenvalue weighted by molar-refractivity contribution is 7.86. The van der Waals surface area contributed by atoms with Crippen LogP contribution in [0, 0.1) is 9.81 Å². The fourth-order valence-electron chi connectivity index (χ4n) is 0.852. The van der Waals surface area contributed by atoms with Gasteiger partial charge in [-0.15, -0.1) is 9.81 Å². The van der Waals surface area contributed by atoms with E-state index in [1.807, 2.05) is 0 Å². The zero-order valence-electron chi connectivity index (χ0n) is 6.61. The van der Waals surface area contributed by atoms with Gasteiger partial charge in [-0.25, -0.2) is 0 Å². The molecule has 0 saturated heterocycles. The van der Waals surface area contributed by atoms with Crippen LogP contribution in [0.25, 0.3) is 0 Å². The monoisotopic (exact) mass is 216 g/mol. The van der Waals surface area contributed by atoms with Crippen molar-refractivity contribution in [3.05, 3.63) is 28.0 Å². The van der Waals surface area contributed by atoms with E-state index in [9.17, 15) is 18.2 Å². The summed E-state index contributed by atoms with van der Waals surface area (Å²) in [7, 11) is -4.51. The summed E-state index contributed by atoms with van der Waals surface area (Å²) in [4.78, 5) is 19.5. The first kappa shape index (κ1) is 10.4. The normalized spacial score (nSPS) is 10.9. The van der Waals surface area contributed by atoms with Gasteiger partial charge in [0.2, 0.25) is 0 Å². The fraction of sp³-hybridized carbons (Fsp3) is 0. The van der Waals surface area contributed by atoms with Crippen LogP contribution in [0.2, 0.25) is 0 Å². The quantitative estimate of drug-likeness (QED) is 0.610. The lowest BCUT2D eigenvalue weighted by Gasteiger charge is -1.98. The van der Waals surface area contributed by atoms with Gasteiger partial charge >= 0.3 is 0 Å². The van der Waals surface area contributed by atoms with Crippen molar-refractivity contribution in [3.8, 4) is 0 Å². The molecule has 7 nitrogen and oxygen atoms in total. The Hall–Kier alpha value is -1.67. The summed E-state index contributed by atoms with van der Waals surface area (Å²) < 4.78 is 29.9. The zero-order valence-corrected chi connectivity index (χ0v) is 7.43. The van der Waals surface area contributed by atoms with Crippen LogP contribution in [0.1, 0.15) is 0 Å². The Bertz CT molecular complexity index is 481. The molecule has 0 atom stereocenters. The first-order valence-electron chi connectivity index (χ1n) is 3.27. The minimum absolute atomic E-state index is 0.146. The Morgan fingerprint density at radius 2 is 1.79 bits per heavy atom. The number of nitrogens with zero attached hydrogens (tertiary/aromatic N) is 2. The van der Waals surface area contributed by atoms with Gasteiger partial charge in [0.15, 0.2) is 0 Å². The maximum atomic E-state index is 10.7. The highest BCUT2D eigenvalue weighted by Gasteiger charge is 2.16. The number of hydrogen-bond acceptors (Lipinski definition) is 6. The van der Waals surface area contributed by atoms with Crippen molar-refractivity contribution in [2.45, 2.75) is 4.90 Å². The third kappa shape index (κ3) is 1.98. The average molecular weight is 216 g/mol. The summed E-state index contributed by atoms with van der Waals surface area (Å²) in [6, 6.07) is 2.79.